The fraction of sp³-hybridized carbons (Fsp3) is 0.273. The van der Waals surface area contributed by atoms with Crippen molar-refractivity contribution < 1.29 is 0 Å². The molecule has 34 heavy (non-hydrogen) atoms. The SMILES string of the molecule is Cc1ccc2c(c1N(c1cccc(-c3ccccc3)c1C)C(C)(C)C)C(C)(C)c1ccccc1-2. The van der Waals surface area contributed by atoms with Gasteiger partial charge in [0.05, 0.1) is 0 Å². The highest BCUT2D eigenvalue weighted by molar-refractivity contribution is 5.90. The van der Waals surface area contributed by atoms with E-state index in [4.69, 9.17) is 0 Å². The second kappa shape index (κ2) is 7.87. The summed E-state index contributed by atoms with van der Waals surface area (Å²) in [5, 5.41) is 0. The van der Waals surface area contributed by atoms with Gasteiger partial charge in [-0.1, -0.05) is 92.7 Å². The molecule has 0 heterocycles. The van der Waals surface area contributed by atoms with Gasteiger partial charge in [0, 0.05) is 22.3 Å². The topological polar surface area (TPSA) is 3.24 Å². The molecule has 5 rings (SSSR count). The molecule has 0 saturated heterocycles. The molecule has 0 amide bonds. The Morgan fingerprint density at radius 1 is 0.647 bits per heavy atom. The third kappa shape index (κ3) is 3.38. The summed E-state index contributed by atoms with van der Waals surface area (Å²) in [5.41, 5.74) is 13.2. The highest BCUT2D eigenvalue weighted by atomic mass is 15.2. The zero-order chi connectivity index (χ0) is 24.3. The van der Waals surface area contributed by atoms with E-state index in [1.54, 1.807) is 0 Å². The summed E-state index contributed by atoms with van der Waals surface area (Å²) in [4.78, 5) is 2.59. The number of hydrogen-bond acceptors (Lipinski definition) is 1. The van der Waals surface area contributed by atoms with Crippen LogP contribution in [-0.2, 0) is 5.41 Å². The maximum absolute atomic E-state index is 2.59. The van der Waals surface area contributed by atoms with Crippen LogP contribution in [0.25, 0.3) is 22.3 Å². The smallest absolute Gasteiger partial charge is 0.0493 e. The zero-order valence-electron chi connectivity index (χ0n) is 21.5. The Morgan fingerprint density at radius 2 is 1.29 bits per heavy atom. The van der Waals surface area contributed by atoms with E-state index in [1.165, 1.54) is 55.9 Å². The molecule has 0 bridgehead atoms. The molecule has 0 fully saturated rings. The van der Waals surface area contributed by atoms with Crippen LogP contribution in [0, 0.1) is 13.8 Å². The number of rotatable bonds is 3. The number of nitrogens with zero attached hydrogens (tertiary/aromatic N) is 1. The van der Waals surface area contributed by atoms with E-state index in [9.17, 15) is 0 Å². The van der Waals surface area contributed by atoms with Crippen molar-refractivity contribution in [1.29, 1.82) is 0 Å². The Morgan fingerprint density at radius 3 is 2.00 bits per heavy atom. The molecule has 0 saturated carbocycles. The fourth-order valence-electron chi connectivity index (χ4n) is 5.85. The molecule has 4 aromatic rings. The van der Waals surface area contributed by atoms with Crippen LogP contribution in [-0.4, -0.2) is 5.54 Å². The van der Waals surface area contributed by atoms with Crippen molar-refractivity contribution in [2.45, 2.75) is 59.4 Å². The van der Waals surface area contributed by atoms with E-state index < -0.39 is 0 Å². The van der Waals surface area contributed by atoms with Crippen molar-refractivity contribution in [1.82, 2.24) is 0 Å². The quantitative estimate of drug-likeness (QED) is 0.304. The van der Waals surface area contributed by atoms with Crippen LogP contribution in [0.15, 0.2) is 84.9 Å². The van der Waals surface area contributed by atoms with Gasteiger partial charge in [-0.3, -0.25) is 0 Å². The van der Waals surface area contributed by atoms with Crippen LogP contribution in [0.2, 0.25) is 0 Å². The fourth-order valence-corrected chi connectivity index (χ4v) is 5.85. The molecule has 0 unspecified atom stereocenters. The Balaban J connectivity index is 1.80. The minimum atomic E-state index is -0.106. The standard InChI is InChI=1S/C33H35N/c1-22-20-21-27-26-16-11-12-18-28(26)33(6,7)30(27)31(22)34(32(3,4)5)29-19-13-17-25(23(29)2)24-14-9-8-10-15-24/h8-21H,1-7H3. The van der Waals surface area contributed by atoms with Gasteiger partial charge in [-0.05, 0) is 85.2 Å². The summed E-state index contributed by atoms with van der Waals surface area (Å²) >= 11 is 0. The second-order valence-corrected chi connectivity index (χ2v) is 11.1. The lowest BCUT2D eigenvalue weighted by Crippen LogP contribution is -2.40. The predicted octanol–water partition coefficient (Wildman–Crippen LogP) is 9.21. The van der Waals surface area contributed by atoms with Crippen LogP contribution < -0.4 is 4.90 Å². The predicted molar refractivity (Wildman–Crippen MR) is 147 cm³/mol. The molecule has 0 radical (unpaired) electrons. The molecule has 1 aliphatic carbocycles. The Hall–Kier alpha value is -3.32. The first-order chi connectivity index (χ1) is 16.1. The lowest BCUT2D eigenvalue weighted by Gasteiger charge is -2.43. The molecule has 0 spiro atoms. The molecule has 172 valence electrons. The average Bonchev–Trinajstić information content (AvgIpc) is 3.03. The number of hydrogen-bond donors (Lipinski definition) is 0. The minimum absolute atomic E-state index is 0.0677. The summed E-state index contributed by atoms with van der Waals surface area (Å²) in [7, 11) is 0. The summed E-state index contributed by atoms with van der Waals surface area (Å²) in [6.45, 7) is 16.3. The maximum atomic E-state index is 2.59. The largest absolute Gasteiger partial charge is 0.335 e. The molecular formula is C33H35N. The van der Waals surface area contributed by atoms with Crippen molar-refractivity contribution in [3.8, 4) is 22.3 Å². The van der Waals surface area contributed by atoms with Gasteiger partial charge in [0.2, 0.25) is 0 Å². The number of fused-ring (bicyclic) bond motifs is 3. The molecular weight excluding hydrogens is 410 g/mol. The number of benzene rings is 4. The first-order valence-electron chi connectivity index (χ1n) is 12.3. The highest BCUT2D eigenvalue weighted by Crippen LogP contribution is 2.55. The van der Waals surface area contributed by atoms with Crippen molar-refractivity contribution in [3.05, 3.63) is 107 Å². The van der Waals surface area contributed by atoms with Gasteiger partial charge in [-0.25, -0.2) is 0 Å². The van der Waals surface area contributed by atoms with Crippen molar-refractivity contribution in [3.63, 3.8) is 0 Å². The molecule has 0 aliphatic heterocycles. The van der Waals surface area contributed by atoms with E-state index in [-0.39, 0.29) is 11.0 Å². The molecule has 1 heteroatoms. The molecule has 0 aromatic heterocycles. The van der Waals surface area contributed by atoms with Crippen LogP contribution in [0.5, 0.6) is 0 Å². The van der Waals surface area contributed by atoms with Gasteiger partial charge >= 0.3 is 0 Å². The lowest BCUT2D eigenvalue weighted by molar-refractivity contribution is 0.551. The summed E-state index contributed by atoms with van der Waals surface area (Å²) in [6.07, 6.45) is 0. The van der Waals surface area contributed by atoms with Gasteiger partial charge in [-0.15, -0.1) is 0 Å². The Labute approximate surface area is 205 Å². The van der Waals surface area contributed by atoms with Crippen LogP contribution in [0.1, 0.15) is 56.9 Å². The second-order valence-electron chi connectivity index (χ2n) is 11.1. The van der Waals surface area contributed by atoms with Crippen LogP contribution in [0.4, 0.5) is 11.4 Å². The first kappa shape index (κ1) is 22.5. The Kier molecular flexibility index (Phi) is 5.20. The van der Waals surface area contributed by atoms with E-state index >= 15 is 0 Å². The zero-order valence-corrected chi connectivity index (χ0v) is 21.5. The molecule has 0 N–H and O–H groups in total. The highest BCUT2D eigenvalue weighted by Gasteiger charge is 2.41. The van der Waals surface area contributed by atoms with Gasteiger partial charge in [0.15, 0.2) is 0 Å². The monoisotopic (exact) mass is 445 g/mol. The summed E-state index contributed by atoms with van der Waals surface area (Å²) < 4.78 is 0. The molecule has 0 atom stereocenters. The average molecular weight is 446 g/mol. The van der Waals surface area contributed by atoms with Crippen molar-refractivity contribution in [2.24, 2.45) is 0 Å². The molecule has 1 aliphatic rings. The van der Waals surface area contributed by atoms with E-state index in [0.29, 0.717) is 0 Å². The van der Waals surface area contributed by atoms with E-state index in [2.05, 4.69) is 138 Å². The first-order valence-corrected chi connectivity index (χ1v) is 12.3. The third-order valence-electron chi connectivity index (χ3n) is 7.42. The minimum Gasteiger partial charge on any atom is -0.335 e. The normalized spacial score (nSPS) is 14.0. The number of anilines is 2. The van der Waals surface area contributed by atoms with Crippen molar-refractivity contribution >= 4 is 11.4 Å². The van der Waals surface area contributed by atoms with Gasteiger partial charge < -0.3 is 4.90 Å². The van der Waals surface area contributed by atoms with Crippen LogP contribution in [0.3, 0.4) is 0 Å². The molecule has 1 nitrogen and oxygen atoms in total. The van der Waals surface area contributed by atoms with Gasteiger partial charge in [0.25, 0.3) is 0 Å². The van der Waals surface area contributed by atoms with Gasteiger partial charge in [0.1, 0.15) is 0 Å². The van der Waals surface area contributed by atoms with E-state index in [0.717, 1.165) is 0 Å². The maximum Gasteiger partial charge on any atom is 0.0493 e. The van der Waals surface area contributed by atoms with Crippen LogP contribution >= 0.6 is 0 Å². The van der Waals surface area contributed by atoms with E-state index in [1.807, 2.05) is 0 Å². The van der Waals surface area contributed by atoms with Gasteiger partial charge in [-0.2, -0.15) is 0 Å². The van der Waals surface area contributed by atoms with Crippen molar-refractivity contribution in [2.75, 3.05) is 4.90 Å². The number of aryl methyl sites for hydroxylation is 1. The lowest BCUT2D eigenvalue weighted by atomic mass is 9.79. The molecule has 4 aromatic carbocycles. The summed E-state index contributed by atoms with van der Waals surface area (Å²) in [6, 6.07) is 31.1. The summed E-state index contributed by atoms with van der Waals surface area (Å²) in [5.74, 6) is 0. The third-order valence-corrected chi connectivity index (χ3v) is 7.42. The Bertz CT molecular complexity index is 1370.